The van der Waals surface area contributed by atoms with Gasteiger partial charge in [-0.3, -0.25) is 0 Å². The van der Waals surface area contributed by atoms with E-state index in [-0.39, 0.29) is 0 Å². The molecule has 0 fully saturated rings. The van der Waals surface area contributed by atoms with E-state index in [9.17, 15) is 0 Å². The molecule has 29 heavy (non-hydrogen) atoms. The molecule has 1 N–H and O–H groups in total. The number of rotatable bonds is 14. The molecular formula is C26H39NO2. The van der Waals surface area contributed by atoms with Crippen molar-refractivity contribution < 1.29 is 9.47 Å². The van der Waals surface area contributed by atoms with E-state index in [0.717, 1.165) is 24.0 Å². The van der Waals surface area contributed by atoms with Crippen LogP contribution in [0.15, 0.2) is 48.5 Å². The van der Waals surface area contributed by atoms with Crippen molar-refractivity contribution >= 4 is 0 Å². The first-order chi connectivity index (χ1) is 14.2. The first-order valence-corrected chi connectivity index (χ1v) is 11.2. The third-order valence-electron chi connectivity index (χ3n) is 5.83. The number of hydrogen-bond donors (Lipinski definition) is 1. The highest BCUT2D eigenvalue weighted by Gasteiger charge is 2.13. The van der Waals surface area contributed by atoms with Crippen molar-refractivity contribution in [2.45, 2.75) is 71.4 Å². The van der Waals surface area contributed by atoms with Crippen molar-refractivity contribution in [3.8, 4) is 11.5 Å². The van der Waals surface area contributed by atoms with Gasteiger partial charge in [0.2, 0.25) is 0 Å². The summed E-state index contributed by atoms with van der Waals surface area (Å²) in [6, 6.07) is 17.5. The average molecular weight is 398 g/mol. The zero-order valence-corrected chi connectivity index (χ0v) is 18.7. The number of ether oxygens (including phenoxy) is 2. The van der Waals surface area contributed by atoms with E-state index in [4.69, 9.17) is 9.47 Å². The minimum atomic E-state index is 0.558. The van der Waals surface area contributed by atoms with Crippen LogP contribution >= 0.6 is 0 Å². The molecule has 0 aromatic heterocycles. The summed E-state index contributed by atoms with van der Waals surface area (Å²) >= 11 is 0. The molecule has 3 heteroatoms. The Morgan fingerprint density at radius 1 is 0.793 bits per heavy atom. The summed E-state index contributed by atoms with van der Waals surface area (Å²) in [4.78, 5) is 0. The van der Waals surface area contributed by atoms with Gasteiger partial charge in [0.25, 0.3) is 0 Å². The lowest BCUT2D eigenvalue weighted by Gasteiger charge is -2.22. The number of methoxy groups -OCH3 is 2. The Labute approximate surface area is 177 Å². The molecule has 0 aliphatic rings. The van der Waals surface area contributed by atoms with Crippen LogP contribution in [-0.4, -0.2) is 20.3 Å². The van der Waals surface area contributed by atoms with Crippen LogP contribution in [-0.2, 0) is 13.0 Å². The maximum atomic E-state index is 5.40. The third kappa shape index (κ3) is 8.49. The fourth-order valence-electron chi connectivity index (χ4n) is 3.93. The summed E-state index contributed by atoms with van der Waals surface area (Å²) in [7, 11) is 3.40. The molecule has 3 nitrogen and oxygen atoms in total. The van der Waals surface area contributed by atoms with E-state index in [1.165, 1.54) is 56.1 Å². The highest BCUT2D eigenvalue weighted by molar-refractivity contribution is 5.38. The zero-order chi connectivity index (χ0) is 20.9. The molecule has 0 bridgehead atoms. The van der Waals surface area contributed by atoms with Crippen LogP contribution in [0.25, 0.3) is 0 Å². The largest absolute Gasteiger partial charge is 0.497 e. The van der Waals surface area contributed by atoms with E-state index in [1.54, 1.807) is 14.2 Å². The molecule has 0 saturated heterocycles. The Kier molecular flexibility index (Phi) is 10.6. The monoisotopic (exact) mass is 397 g/mol. The summed E-state index contributed by atoms with van der Waals surface area (Å²) in [5.74, 6) is 2.49. The molecule has 160 valence electrons. The predicted octanol–water partition coefficient (Wildman–Crippen LogP) is 6.40. The lowest BCUT2D eigenvalue weighted by atomic mass is 9.90. The normalized spacial score (nSPS) is 13.1. The number of aryl methyl sites for hydroxylation is 1. The second-order valence-electron chi connectivity index (χ2n) is 7.96. The SMILES string of the molecule is CCCC(CCC(CC)CCc1ccccc1)NCc1cc(OC)cc(OC)c1. The lowest BCUT2D eigenvalue weighted by Crippen LogP contribution is -2.29. The molecule has 2 aromatic rings. The van der Waals surface area contributed by atoms with Gasteiger partial charge in [0, 0.05) is 18.7 Å². The summed E-state index contributed by atoms with van der Waals surface area (Å²) < 4.78 is 10.8. The molecule has 0 saturated carbocycles. The molecule has 0 amide bonds. The van der Waals surface area contributed by atoms with Gasteiger partial charge < -0.3 is 14.8 Å². The van der Waals surface area contributed by atoms with Gasteiger partial charge in [-0.1, -0.05) is 57.0 Å². The molecule has 2 unspecified atom stereocenters. The third-order valence-corrected chi connectivity index (χ3v) is 5.83. The van der Waals surface area contributed by atoms with Crippen LogP contribution in [0.2, 0.25) is 0 Å². The van der Waals surface area contributed by atoms with Crippen molar-refractivity contribution in [2.75, 3.05) is 14.2 Å². The van der Waals surface area contributed by atoms with E-state index in [1.807, 2.05) is 6.07 Å². The number of nitrogens with one attached hydrogen (secondary N) is 1. The number of benzene rings is 2. The fourth-order valence-corrected chi connectivity index (χ4v) is 3.93. The lowest BCUT2D eigenvalue weighted by molar-refractivity contribution is 0.361. The molecule has 2 aromatic carbocycles. The van der Waals surface area contributed by atoms with E-state index >= 15 is 0 Å². The molecule has 2 rings (SSSR count). The Morgan fingerprint density at radius 3 is 2.07 bits per heavy atom. The smallest absolute Gasteiger partial charge is 0.122 e. The van der Waals surface area contributed by atoms with Gasteiger partial charge in [0.1, 0.15) is 11.5 Å². The predicted molar refractivity (Wildman–Crippen MR) is 123 cm³/mol. The second-order valence-corrected chi connectivity index (χ2v) is 7.96. The maximum absolute atomic E-state index is 5.40. The summed E-state index contributed by atoms with van der Waals surface area (Å²) in [5.41, 5.74) is 2.67. The number of hydrogen-bond acceptors (Lipinski definition) is 3. The minimum Gasteiger partial charge on any atom is -0.497 e. The summed E-state index contributed by atoms with van der Waals surface area (Å²) in [6.07, 6.45) is 8.70. The van der Waals surface area contributed by atoms with Gasteiger partial charge >= 0.3 is 0 Å². The molecule has 2 atom stereocenters. The van der Waals surface area contributed by atoms with Gasteiger partial charge in [-0.25, -0.2) is 0 Å². The Bertz CT molecular complexity index is 664. The average Bonchev–Trinajstić information content (AvgIpc) is 2.77. The molecule has 0 aliphatic heterocycles. The molecule has 0 spiro atoms. The first-order valence-electron chi connectivity index (χ1n) is 11.2. The quantitative estimate of drug-likeness (QED) is 0.400. The van der Waals surface area contributed by atoms with E-state index < -0.39 is 0 Å². The van der Waals surface area contributed by atoms with E-state index in [2.05, 4.69) is 61.6 Å². The molecule has 0 heterocycles. The topological polar surface area (TPSA) is 30.5 Å². The maximum Gasteiger partial charge on any atom is 0.122 e. The highest BCUT2D eigenvalue weighted by atomic mass is 16.5. The van der Waals surface area contributed by atoms with Crippen LogP contribution < -0.4 is 14.8 Å². The van der Waals surface area contributed by atoms with Gasteiger partial charge in [-0.15, -0.1) is 0 Å². The van der Waals surface area contributed by atoms with Crippen LogP contribution in [0.3, 0.4) is 0 Å². The van der Waals surface area contributed by atoms with Gasteiger partial charge in [-0.05, 0) is 61.3 Å². The summed E-state index contributed by atoms with van der Waals surface area (Å²) in [5, 5.41) is 3.78. The van der Waals surface area contributed by atoms with Crippen molar-refractivity contribution in [1.29, 1.82) is 0 Å². The van der Waals surface area contributed by atoms with Crippen LogP contribution in [0.5, 0.6) is 11.5 Å². The Balaban J connectivity index is 1.85. The van der Waals surface area contributed by atoms with Gasteiger partial charge in [0.05, 0.1) is 14.2 Å². The zero-order valence-electron chi connectivity index (χ0n) is 18.7. The Hall–Kier alpha value is -2.00. The molecule has 0 radical (unpaired) electrons. The van der Waals surface area contributed by atoms with Crippen molar-refractivity contribution in [2.24, 2.45) is 5.92 Å². The minimum absolute atomic E-state index is 0.558. The molecular weight excluding hydrogens is 358 g/mol. The summed E-state index contributed by atoms with van der Waals surface area (Å²) in [6.45, 7) is 5.45. The van der Waals surface area contributed by atoms with Crippen molar-refractivity contribution in [3.05, 3.63) is 59.7 Å². The van der Waals surface area contributed by atoms with Gasteiger partial charge in [-0.2, -0.15) is 0 Å². The van der Waals surface area contributed by atoms with Crippen LogP contribution in [0.4, 0.5) is 0 Å². The Morgan fingerprint density at radius 2 is 1.48 bits per heavy atom. The first kappa shape index (κ1) is 23.3. The van der Waals surface area contributed by atoms with Crippen LogP contribution in [0, 0.1) is 5.92 Å². The van der Waals surface area contributed by atoms with Crippen LogP contribution in [0.1, 0.15) is 63.5 Å². The molecule has 0 aliphatic carbocycles. The second kappa shape index (κ2) is 13.3. The van der Waals surface area contributed by atoms with Crippen molar-refractivity contribution in [3.63, 3.8) is 0 Å². The standard InChI is InChI=1S/C26H39NO2/c1-5-10-24(27-20-23-17-25(28-3)19-26(18-23)29-4)16-15-21(6-2)13-14-22-11-8-7-9-12-22/h7-9,11-12,17-19,21,24,27H,5-6,10,13-16,20H2,1-4H3. The fraction of sp³-hybridized carbons (Fsp3) is 0.538. The highest BCUT2D eigenvalue weighted by Crippen LogP contribution is 2.24. The van der Waals surface area contributed by atoms with Gasteiger partial charge in [0.15, 0.2) is 0 Å². The van der Waals surface area contributed by atoms with E-state index in [0.29, 0.717) is 6.04 Å². The van der Waals surface area contributed by atoms with Crippen molar-refractivity contribution in [1.82, 2.24) is 5.32 Å².